The molecule has 1 saturated heterocycles. The molecule has 3 rings (SSSR count). The third-order valence-electron chi connectivity index (χ3n) is 4.02. The van der Waals surface area contributed by atoms with E-state index in [1.165, 1.54) is 28.7 Å². The van der Waals surface area contributed by atoms with Gasteiger partial charge in [0.05, 0.1) is 15.8 Å². The number of benzene rings is 1. The van der Waals surface area contributed by atoms with Crippen molar-refractivity contribution in [1.82, 2.24) is 9.29 Å². The lowest BCUT2D eigenvalue weighted by Crippen LogP contribution is -2.42. The molecule has 1 fully saturated rings. The fraction of sp³-hybridized carbons (Fsp3) is 0.357. The van der Waals surface area contributed by atoms with E-state index in [1.807, 2.05) is 0 Å². The molecular formula is C14H17ClN4O4S. The smallest absolute Gasteiger partial charge is 0.278 e. The van der Waals surface area contributed by atoms with Gasteiger partial charge in [-0.25, -0.2) is 8.42 Å². The monoisotopic (exact) mass is 372 g/mol. The number of nitrogens with two attached hydrogens (primary N) is 1. The molecule has 1 aromatic heterocycles. The maximum atomic E-state index is 12.9. The number of pyridine rings is 1. The molecule has 2 N–H and O–H groups in total. The summed E-state index contributed by atoms with van der Waals surface area (Å²) in [7, 11) is -3.76. The van der Waals surface area contributed by atoms with Crippen molar-refractivity contribution in [3.8, 4) is 0 Å². The molecule has 0 unspecified atom stereocenters. The van der Waals surface area contributed by atoms with Gasteiger partial charge in [0.2, 0.25) is 10.0 Å². The molecular weight excluding hydrogens is 356 g/mol. The number of rotatable bonds is 3. The highest BCUT2D eigenvalue weighted by atomic mass is 35.5. The molecule has 0 saturated carbocycles. The Morgan fingerprint density at radius 1 is 1.25 bits per heavy atom. The zero-order chi connectivity index (χ0) is 16.6. The molecule has 0 amide bonds. The zero-order valence-corrected chi connectivity index (χ0v) is 14.3. The molecule has 0 bridgehead atoms. The molecule has 0 spiro atoms. The number of aromatic nitrogens is 1. The van der Waals surface area contributed by atoms with Gasteiger partial charge >= 0.3 is 0 Å². The van der Waals surface area contributed by atoms with Gasteiger partial charge < -0.3 is 5.73 Å². The van der Waals surface area contributed by atoms with E-state index >= 15 is 0 Å². The number of sulfonamides is 1. The second-order valence-corrected chi connectivity index (χ2v) is 7.39. The number of non-ortho nitro benzene ring substituents is 1. The number of nitro groups is 1. The van der Waals surface area contributed by atoms with Crippen molar-refractivity contribution in [2.45, 2.75) is 23.8 Å². The van der Waals surface area contributed by atoms with Gasteiger partial charge in [0.1, 0.15) is 4.90 Å². The SMILES string of the molecule is Cl.NC1CCN(S(=O)(=O)c2ccc([N+](=O)[O-])c3cccnc23)CC1. The molecule has 1 aliphatic rings. The number of halogens is 1. The summed E-state index contributed by atoms with van der Waals surface area (Å²) in [6, 6.07) is 5.54. The van der Waals surface area contributed by atoms with Gasteiger partial charge in [-0.15, -0.1) is 12.4 Å². The Balaban J connectivity index is 0.00000208. The Morgan fingerprint density at radius 2 is 1.92 bits per heavy atom. The van der Waals surface area contributed by atoms with Gasteiger partial charge in [-0.1, -0.05) is 0 Å². The summed E-state index contributed by atoms with van der Waals surface area (Å²) in [6.45, 7) is 0.684. The first kappa shape index (κ1) is 18.5. The predicted octanol–water partition coefficient (Wildman–Crippen LogP) is 1.68. The highest BCUT2D eigenvalue weighted by Gasteiger charge is 2.31. The Hall–Kier alpha value is -1.81. The molecule has 0 radical (unpaired) electrons. The average Bonchev–Trinajstić information content (AvgIpc) is 2.54. The Kier molecular flexibility index (Phi) is 5.38. The van der Waals surface area contributed by atoms with Crippen molar-refractivity contribution in [3.63, 3.8) is 0 Å². The highest BCUT2D eigenvalue weighted by molar-refractivity contribution is 7.89. The van der Waals surface area contributed by atoms with Crippen LogP contribution in [0.15, 0.2) is 35.4 Å². The average molecular weight is 373 g/mol. The first-order valence-corrected chi connectivity index (χ1v) is 8.63. The van der Waals surface area contributed by atoms with Crippen LogP contribution in [0.5, 0.6) is 0 Å². The second-order valence-electron chi connectivity index (χ2n) is 5.48. The van der Waals surface area contributed by atoms with Crippen LogP contribution in [0.2, 0.25) is 0 Å². The summed E-state index contributed by atoms with van der Waals surface area (Å²) in [6.07, 6.45) is 2.62. The van der Waals surface area contributed by atoms with Crippen molar-refractivity contribution < 1.29 is 13.3 Å². The summed E-state index contributed by atoms with van der Waals surface area (Å²) in [4.78, 5) is 14.6. The highest BCUT2D eigenvalue weighted by Crippen LogP contribution is 2.31. The third kappa shape index (κ3) is 3.20. The molecule has 1 aromatic carbocycles. The van der Waals surface area contributed by atoms with Crippen LogP contribution < -0.4 is 5.73 Å². The first-order chi connectivity index (χ1) is 10.9. The fourth-order valence-electron chi connectivity index (χ4n) is 2.75. The maximum Gasteiger partial charge on any atom is 0.278 e. The van der Waals surface area contributed by atoms with Crippen molar-refractivity contribution >= 4 is 39.0 Å². The van der Waals surface area contributed by atoms with Crippen LogP contribution in [-0.2, 0) is 10.0 Å². The lowest BCUT2D eigenvalue weighted by Gasteiger charge is -2.29. The van der Waals surface area contributed by atoms with Gasteiger partial charge in [0.25, 0.3) is 5.69 Å². The maximum absolute atomic E-state index is 12.9. The van der Waals surface area contributed by atoms with Crippen LogP contribution in [0, 0.1) is 10.1 Å². The molecule has 1 aliphatic heterocycles. The Morgan fingerprint density at radius 3 is 2.54 bits per heavy atom. The van der Waals surface area contributed by atoms with Crippen LogP contribution in [0.4, 0.5) is 5.69 Å². The van der Waals surface area contributed by atoms with E-state index in [0.29, 0.717) is 25.9 Å². The molecule has 0 atom stereocenters. The van der Waals surface area contributed by atoms with Crippen LogP contribution >= 0.6 is 12.4 Å². The van der Waals surface area contributed by atoms with E-state index in [9.17, 15) is 18.5 Å². The van der Waals surface area contributed by atoms with E-state index in [0.717, 1.165) is 0 Å². The number of hydrogen-bond acceptors (Lipinski definition) is 6. The minimum absolute atomic E-state index is 0. The molecule has 2 aromatic rings. The van der Waals surface area contributed by atoms with Crippen LogP contribution in [0.1, 0.15) is 12.8 Å². The van der Waals surface area contributed by atoms with Gasteiger partial charge in [0, 0.05) is 31.4 Å². The molecule has 130 valence electrons. The molecule has 10 heteroatoms. The quantitative estimate of drug-likeness (QED) is 0.646. The van der Waals surface area contributed by atoms with E-state index in [2.05, 4.69) is 4.98 Å². The van der Waals surface area contributed by atoms with Gasteiger partial charge in [-0.3, -0.25) is 15.1 Å². The summed E-state index contributed by atoms with van der Waals surface area (Å²) >= 11 is 0. The normalized spacial score (nSPS) is 16.7. The third-order valence-corrected chi connectivity index (χ3v) is 5.95. The van der Waals surface area contributed by atoms with Crippen molar-refractivity contribution in [3.05, 3.63) is 40.6 Å². The lowest BCUT2D eigenvalue weighted by molar-refractivity contribution is -0.383. The van der Waals surface area contributed by atoms with Gasteiger partial charge in [0.15, 0.2) is 0 Å². The minimum atomic E-state index is -3.76. The summed E-state index contributed by atoms with van der Waals surface area (Å²) in [5.74, 6) is 0. The number of fused-ring (bicyclic) bond motifs is 1. The zero-order valence-electron chi connectivity index (χ0n) is 12.7. The van der Waals surface area contributed by atoms with E-state index in [1.54, 1.807) is 6.07 Å². The van der Waals surface area contributed by atoms with Crippen molar-refractivity contribution in [1.29, 1.82) is 0 Å². The number of piperidine rings is 1. The molecule has 0 aliphatic carbocycles. The molecule has 2 heterocycles. The molecule has 8 nitrogen and oxygen atoms in total. The lowest BCUT2D eigenvalue weighted by atomic mass is 10.1. The van der Waals surface area contributed by atoms with Gasteiger partial charge in [-0.2, -0.15) is 4.31 Å². The van der Waals surface area contributed by atoms with Crippen LogP contribution in [-0.4, -0.2) is 41.8 Å². The largest absolute Gasteiger partial charge is 0.328 e. The van der Waals surface area contributed by atoms with Gasteiger partial charge in [-0.05, 0) is 31.0 Å². The fourth-order valence-corrected chi connectivity index (χ4v) is 4.37. The van der Waals surface area contributed by atoms with Crippen LogP contribution in [0.25, 0.3) is 10.9 Å². The topological polar surface area (TPSA) is 119 Å². The number of nitrogens with zero attached hydrogens (tertiary/aromatic N) is 3. The minimum Gasteiger partial charge on any atom is -0.328 e. The number of hydrogen-bond donors (Lipinski definition) is 1. The van der Waals surface area contributed by atoms with Crippen molar-refractivity contribution in [2.75, 3.05) is 13.1 Å². The summed E-state index contributed by atoms with van der Waals surface area (Å²) in [5, 5.41) is 11.3. The molecule has 24 heavy (non-hydrogen) atoms. The summed E-state index contributed by atoms with van der Waals surface area (Å²) < 4.78 is 27.1. The van der Waals surface area contributed by atoms with E-state index in [4.69, 9.17) is 5.73 Å². The number of nitro benzene ring substituents is 1. The Bertz CT molecular complexity index is 866. The van der Waals surface area contributed by atoms with E-state index in [-0.39, 0.29) is 39.9 Å². The first-order valence-electron chi connectivity index (χ1n) is 7.19. The van der Waals surface area contributed by atoms with Crippen molar-refractivity contribution in [2.24, 2.45) is 5.73 Å². The summed E-state index contributed by atoms with van der Waals surface area (Å²) in [5.41, 5.74) is 5.78. The Labute approximate surface area is 145 Å². The second kappa shape index (κ2) is 6.98. The van der Waals surface area contributed by atoms with E-state index < -0.39 is 14.9 Å². The predicted molar refractivity (Wildman–Crippen MR) is 91.6 cm³/mol. The standard InChI is InChI=1S/C14H16N4O4S.ClH/c15-10-5-8-17(9-6-10)23(21,22)13-4-3-12(18(19)20)11-2-1-7-16-14(11)13;/h1-4,7,10H,5-6,8-9,15H2;1H. The van der Waals surface area contributed by atoms with Crippen LogP contribution in [0.3, 0.4) is 0 Å².